The summed E-state index contributed by atoms with van der Waals surface area (Å²) in [5.74, 6) is 1.61. The number of hydrogen-bond donors (Lipinski definition) is 1. The van der Waals surface area contributed by atoms with Gasteiger partial charge in [-0.1, -0.05) is 0 Å². The maximum atomic E-state index is 4.46. The molecular weight excluding hydrogens is 222 g/mol. The van der Waals surface area contributed by atoms with Crippen molar-refractivity contribution in [1.82, 2.24) is 19.1 Å². The fourth-order valence-corrected chi connectivity index (χ4v) is 2.19. The van der Waals surface area contributed by atoms with Crippen LogP contribution in [0.2, 0.25) is 0 Å². The van der Waals surface area contributed by atoms with Gasteiger partial charge in [-0.15, -0.1) is 0 Å². The molecule has 1 aliphatic carbocycles. The maximum Gasteiger partial charge on any atom is 0.207 e. The van der Waals surface area contributed by atoms with Crippen LogP contribution in [0.4, 0.5) is 10.8 Å². The van der Waals surface area contributed by atoms with Crippen LogP contribution >= 0.6 is 11.5 Å². The van der Waals surface area contributed by atoms with Gasteiger partial charge in [-0.3, -0.25) is 4.68 Å². The van der Waals surface area contributed by atoms with Gasteiger partial charge in [0.05, 0.1) is 11.9 Å². The summed E-state index contributed by atoms with van der Waals surface area (Å²) < 4.78 is 6.22. The summed E-state index contributed by atoms with van der Waals surface area (Å²) in [5, 5.41) is 8.28. The zero-order valence-corrected chi connectivity index (χ0v) is 9.87. The van der Waals surface area contributed by atoms with Crippen molar-refractivity contribution in [2.24, 2.45) is 0 Å². The van der Waals surface area contributed by atoms with Gasteiger partial charge in [0.15, 0.2) is 0 Å². The Morgan fingerprint density at radius 1 is 1.56 bits per heavy atom. The van der Waals surface area contributed by atoms with Crippen LogP contribution in [0.25, 0.3) is 0 Å². The number of aryl methyl sites for hydroxylation is 1. The minimum Gasteiger partial charge on any atom is -0.328 e. The first-order valence-corrected chi connectivity index (χ1v) is 6.25. The summed E-state index contributed by atoms with van der Waals surface area (Å²) in [6.07, 6.45) is 6.26. The largest absolute Gasteiger partial charge is 0.328 e. The summed E-state index contributed by atoms with van der Waals surface area (Å²) in [5.41, 5.74) is 0.973. The maximum absolute atomic E-state index is 4.46. The van der Waals surface area contributed by atoms with Crippen LogP contribution in [0.1, 0.15) is 31.5 Å². The Morgan fingerprint density at radius 3 is 3.12 bits per heavy atom. The molecular formula is C10H13N5S. The lowest BCUT2D eigenvalue weighted by molar-refractivity contribution is 0.660. The molecule has 0 aromatic carbocycles. The smallest absolute Gasteiger partial charge is 0.207 e. The van der Waals surface area contributed by atoms with Gasteiger partial charge < -0.3 is 5.32 Å². The molecule has 0 radical (unpaired) electrons. The topological polar surface area (TPSA) is 55.6 Å². The summed E-state index contributed by atoms with van der Waals surface area (Å²) in [4.78, 5) is 4.46. The van der Waals surface area contributed by atoms with Gasteiger partial charge in [-0.05, 0) is 19.8 Å². The van der Waals surface area contributed by atoms with Crippen LogP contribution in [-0.2, 0) is 6.54 Å². The van der Waals surface area contributed by atoms with Crippen LogP contribution in [0.3, 0.4) is 0 Å². The molecule has 1 aliphatic rings. The summed E-state index contributed by atoms with van der Waals surface area (Å²) in [6, 6.07) is 0. The average Bonchev–Trinajstić information content (AvgIpc) is 2.88. The van der Waals surface area contributed by atoms with E-state index in [0.717, 1.165) is 23.2 Å². The molecule has 1 N–H and O–H groups in total. The number of anilines is 2. The Morgan fingerprint density at radius 2 is 2.44 bits per heavy atom. The third-order valence-corrected chi connectivity index (χ3v) is 3.24. The van der Waals surface area contributed by atoms with Crippen molar-refractivity contribution in [1.29, 1.82) is 0 Å². The zero-order chi connectivity index (χ0) is 11.0. The van der Waals surface area contributed by atoms with E-state index in [1.165, 1.54) is 24.4 Å². The molecule has 0 aliphatic heterocycles. The normalized spacial score (nSPS) is 15.3. The van der Waals surface area contributed by atoms with Gasteiger partial charge in [-0.25, -0.2) is 4.98 Å². The van der Waals surface area contributed by atoms with Gasteiger partial charge in [0.25, 0.3) is 0 Å². The molecule has 0 atom stereocenters. The molecule has 2 aromatic heterocycles. The molecule has 2 heterocycles. The van der Waals surface area contributed by atoms with Crippen molar-refractivity contribution in [3.63, 3.8) is 0 Å². The first-order valence-electron chi connectivity index (χ1n) is 5.48. The number of nitrogens with zero attached hydrogens (tertiary/aromatic N) is 4. The van der Waals surface area contributed by atoms with E-state index in [4.69, 9.17) is 0 Å². The predicted molar refractivity (Wildman–Crippen MR) is 63.1 cm³/mol. The average molecular weight is 235 g/mol. The third-order valence-electron chi connectivity index (χ3n) is 2.59. The summed E-state index contributed by atoms with van der Waals surface area (Å²) >= 11 is 1.42. The highest BCUT2D eigenvalue weighted by atomic mass is 32.1. The predicted octanol–water partition coefficient (Wildman–Crippen LogP) is 2.38. The quantitative estimate of drug-likeness (QED) is 0.884. The number of hydrogen-bond acceptors (Lipinski definition) is 5. The molecule has 0 unspecified atom stereocenters. The highest BCUT2D eigenvalue weighted by Gasteiger charge is 2.27. The minimum absolute atomic E-state index is 0.616. The van der Waals surface area contributed by atoms with Crippen molar-refractivity contribution in [3.05, 3.63) is 18.2 Å². The second-order valence-corrected chi connectivity index (χ2v) is 4.69. The van der Waals surface area contributed by atoms with Gasteiger partial charge in [0.2, 0.25) is 5.13 Å². The van der Waals surface area contributed by atoms with Gasteiger partial charge >= 0.3 is 0 Å². The van der Waals surface area contributed by atoms with E-state index in [9.17, 15) is 0 Å². The Bertz CT molecular complexity index is 485. The molecule has 1 saturated carbocycles. The Hall–Kier alpha value is -1.43. The number of rotatable bonds is 4. The Balaban J connectivity index is 1.72. The molecule has 0 bridgehead atoms. The van der Waals surface area contributed by atoms with E-state index >= 15 is 0 Å². The molecule has 16 heavy (non-hydrogen) atoms. The number of nitrogens with one attached hydrogen (secondary N) is 1. The van der Waals surface area contributed by atoms with Crippen LogP contribution < -0.4 is 5.32 Å². The second-order valence-electron chi connectivity index (χ2n) is 3.94. The van der Waals surface area contributed by atoms with Crippen molar-refractivity contribution in [3.8, 4) is 0 Å². The number of aromatic nitrogens is 4. The van der Waals surface area contributed by atoms with Crippen LogP contribution in [-0.4, -0.2) is 19.1 Å². The highest BCUT2D eigenvalue weighted by molar-refractivity contribution is 7.09. The van der Waals surface area contributed by atoms with Gasteiger partial charge in [0.1, 0.15) is 5.82 Å². The molecule has 2 aromatic rings. The molecule has 0 spiro atoms. The highest BCUT2D eigenvalue weighted by Crippen LogP contribution is 2.39. The van der Waals surface area contributed by atoms with Crippen molar-refractivity contribution >= 4 is 22.4 Å². The summed E-state index contributed by atoms with van der Waals surface area (Å²) in [7, 11) is 0. The molecule has 1 fully saturated rings. The molecule has 3 rings (SSSR count). The van der Waals surface area contributed by atoms with Crippen molar-refractivity contribution < 1.29 is 0 Å². The fraction of sp³-hybridized carbons (Fsp3) is 0.500. The molecule has 0 amide bonds. The Kier molecular flexibility index (Phi) is 2.36. The van der Waals surface area contributed by atoms with Crippen LogP contribution in [0.15, 0.2) is 12.4 Å². The first kappa shape index (κ1) is 9.77. The van der Waals surface area contributed by atoms with E-state index in [-0.39, 0.29) is 0 Å². The second kappa shape index (κ2) is 3.86. The van der Waals surface area contributed by atoms with Gasteiger partial charge in [-0.2, -0.15) is 9.47 Å². The standard InChI is InChI=1S/C10H13N5S/c1-2-15-6-8(5-11-15)12-10-13-9(14-16-10)7-3-4-7/h5-7H,2-4H2,1H3,(H,12,13,14). The van der Waals surface area contributed by atoms with Crippen LogP contribution in [0, 0.1) is 0 Å². The lowest BCUT2D eigenvalue weighted by Crippen LogP contribution is -1.92. The van der Waals surface area contributed by atoms with E-state index in [1.54, 1.807) is 0 Å². The first-order chi connectivity index (χ1) is 7.85. The van der Waals surface area contributed by atoms with Crippen molar-refractivity contribution in [2.45, 2.75) is 32.2 Å². The van der Waals surface area contributed by atoms with Crippen molar-refractivity contribution in [2.75, 3.05) is 5.32 Å². The van der Waals surface area contributed by atoms with E-state index in [1.807, 2.05) is 17.1 Å². The minimum atomic E-state index is 0.616. The lowest BCUT2D eigenvalue weighted by atomic mass is 10.4. The third kappa shape index (κ3) is 1.92. The lowest BCUT2D eigenvalue weighted by Gasteiger charge is -1.95. The monoisotopic (exact) mass is 235 g/mol. The van der Waals surface area contributed by atoms with Crippen LogP contribution in [0.5, 0.6) is 0 Å². The van der Waals surface area contributed by atoms with E-state index in [2.05, 4.69) is 26.7 Å². The molecule has 6 heteroatoms. The molecule has 84 valence electrons. The SMILES string of the molecule is CCn1cc(Nc2nc(C3CC3)ns2)cn1. The fourth-order valence-electron chi connectivity index (χ4n) is 1.52. The zero-order valence-electron chi connectivity index (χ0n) is 9.05. The molecule has 5 nitrogen and oxygen atoms in total. The van der Waals surface area contributed by atoms with E-state index in [0.29, 0.717) is 5.92 Å². The summed E-state index contributed by atoms with van der Waals surface area (Å²) in [6.45, 7) is 2.94. The van der Waals surface area contributed by atoms with E-state index < -0.39 is 0 Å². The molecule has 0 saturated heterocycles. The van der Waals surface area contributed by atoms with Gasteiger partial charge in [0, 0.05) is 30.2 Å². The Labute approximate surface area is 97.7 Å².